The van der Waals surface area contributed by atoms with Crippen molar-refractivity contribution in [2.24, 2.45) is 0 Å². The van der Waals surface area contributed by atoms with Crippen molar-refractivity contribution in [2.75, 3.05) is 19.8 Å². The van der Waals surface area contributed by atoms with Gasteiger partial charge < -0.3 is 10.1 Å². The van der Waals surface area contributed by atoms with E-state index in [4.69, 9.17) is 4.74 Å². The Balaban J connectivity index is 1.58. The highest BCUT2D eigenvalue weighted by molar-refractivity contribution is 5.29. The summed E-state index contributed by atoms with van der Waals surface area (Å²) in [6.45, 7) is 6.98. The highest BCUT2D eigenvalue weighted by Crippen LogP contribution is 2.17. The molecule has 0 atom stereocenters. The third-order valence-electron chi connectivity index (χ3n) is 3.36. The van der Waals surface area contributed by atoms with Gasteiger partial charge in [-0.1, -0.05) is 18.2 Å². The van der Waals surface area contributed by atoms with Gasteiger partial charge in [-0.15, -0.1) is 0 Å². The Morgan fingerprint density at radius 3 is 2.71 bits per heavy atom. The van der Waals surface area contributed by atoms with Crippen LogP contribution in [0.3, 0.4) is 0 Å². The van der Waals surface area contributed by atoms with E-state index in [1.807, 2.05) is 0 Å². The number of nitrogens with one attached hydrogen (secondary N) is 1. The van der Waals surface area contributed by atoms with Crippen molar-refractivity contribution in [1.82, 2.24) is 5.32 Å². The van der Waals surface area contributed by atoms with Crippen molar-refractivity contribution >= 4 is 0 Å². The average Bonchev–Trinajstić information content (AvgIpc) is 3.12. The van der Waals surface area contributed by atoms with E-state index in [-0.39, 0.29) is 0 Å². The summed E-state index contributed by atoms with van der Waals surface area (Å²) in [7, 11) is 0. The van der Waals surface area contributed by atoms with E-state index >= 15 is 0 Å². The second-order valence-corrected chi connectivity index (χ2v) is 5.01. The Morgan fingerprint density at radius 1 is 1.18 bits per heavy atom. The van der Waals surface area contributed by atoms with E-state index in [0.717, 1.165) is 32.2 Å². The van der Waals surface area contributed by atoms with Gasteiger partial charge in [0, 0.05) is 12.6 Å². The minimum absolute atomic E-state index is 0.790. The monoisotopic (exact) mass is 233 g/mol. The number of hydrogen-bond acceptors (Lipinski definition) is 2. The molecule has 0 unspecified atom stereocenters. The summed E-state index contributed by atoms with van der Waals surface area (Å²) in [5, 5.41) is 3.45. The molecule has 0 saturated heterocycles. The van der Waals surface area contributed by atoms with Crippen LogP contribution < -0.4 is 5.32 Å². The van der Waals surface area contributed by atoms with Gasteiger partial charge in [-0.3, -0.25) is 0 Å². The molecule has 1 saturated carbocycles. The Bertz CT molecular complexity index is 358. The molecule has 1 N–H and O–H groups in total. The maximum absolute atomic E-state index is 5.62. The zero-order valence-electron chi connectivity index (χ0n) is 11.0. The van der Waals surface area contributed by atoms with Crippen LogP contribution in [0, 0.1) is 13.8 Å². The Morgan fingerprint density at radius 2 is 2.00 bits per heavy atom. The molecular weight excluding hydrogens is 210 g/mol. The smallest absolute Gasteiger partial charge is 0.0591 e. The molecule has 0 heterocycles. The van der Waals surface area contributed by atoms with Crippen molar-refractivity contribution in [2.45, 2.75) is 39.2 Å². The highest BCUT2D eigenvalue weighted by Gasteiger charge is 2.19. The summed E-state index contributed by atoms with van der Waals surface area (Å²) < 4.78 is 5.62. The van der Waals surface area contributed by atoms with E-state index in [0.29, 0.717) is 0 Å². The fourth-order valence-corrected chi connectivity index (χ4v) is 1.87. The van der Waals surface area contributed by atoms with Gasteiger partial charge in [-0.25, -0.2) is 0 Å². The van der Waals surface area contributed by atoms with Gasteiger partial charge in [-0.2, -0.15) is 0 Å². The normalized spacial score (nSPS) is 15.2. The maximum Gasteiger partial charge on any atom is 0.0591 e. The third kappa shape index (κ3) is 4.49. The van der Waals surface area contributed by atoms with Crippen LogP contribution in [-0.2, 0) is 11.2 Å². The molecule has 17 heavy (non-hydrogen) atoms. The number of hydrogen-bond donors (Lipinski definition) is 1. The molecule has 1 aliphatic rings. The van der Waals surface area contributed by atoms with Gasteiger partial charge in [0.05, 0.1) is 13.2 Å². The first kappa shape index (κ1) is 12.6. The lowest BCUT2D eigenvalue weighted by atomic mass is 10.0. The summed E-state index contributed by atoms with van der Waals surface area (Å²) in [5.74, 6) is 0. The molecule has 0 spiro atoms. The van der Waals surface area contributed by atoms with Crippen LogP contribution >= 0.6 is 0 Å². The lowest BCUT2D eigenvalue weighted by Gasteiger charge is -2.07. The summed E-state index contributed by atoms with van der Waals surface area (Å²) in [6.07, 6.45) is 3.72. The highest BCUT2D eigenvalue weighted by atomic mass is 16.5. The van der Waals surface area contributed by atoms with E-state index in [1.165, 1.54) is 29.5 Å². The number of aryl methyl sites for hydroxylation is 2. The van der Waals surface area contributed by atoms with E-state index in [9.17, 15) is 0 Å². The van der Waals surface area contributed by atoms with Crippen LogP contribution in [0.1, 0.15) is 29.5 Å². The molecule has 1 aliphatic carbocycles. The van der Waals surface area contributed by atoms with E-state index in [2.05, 4.69) is 37.4 Å². The van der Waals surface area contributed by atoms with Gasteiger partial charge in [0.2, 0.25) is 0 Å². The first-order chi connectivity index (χ1) is 8.25. The second-order valence-electron chi connectivity index (χ2n) is 5.01. The van der Waals surface area contributed by atoms with E-state index < -0.39 is 0 Å². The van der Waals surface area contributed by atoms with Crippen LogP contribution in [0.25, 0.3) is 0 Å². The summed E-state index contributed by atoms with van der Waals surface area (Å²) in [4.78, 5) is 0. The van der Waals surface area contributed by atoms with Crippen LogP contribution in [0.5, 0.6) is 0 Å². The molecule has 0 bridgehead atoms. The largest absolute Gasteiger partial charge is 0.380 e. The molecule has 94 valence electrons. The Kier molecular flexibility index (Phi) is 4.57. The lowest BCUT2D eigenvalue weighted by molar-refractivity contribution is 0.138. The molecule has 2 nitrogen and oxygen atoms in total. The van der Waals surface area contributed by atoms with Crippen LogP contribution in [0.4, 0.5) is 0 Å². The SMILES string of the molecule is Cc1ccc(CCOCCNC2CC2)cc1C. The van der Waals surface area contributed by atoms with Crippen molar-refractivity contribution < 1.29 is 4.74 Å². The molecule has 0 aliphatic heterocycles. The molecule has 1 fully saturated rings. The first-order valence-corrected chi connectivity index (χ1v) is 6.63. The van der Waals surface area contributed by atoms with Crippen LogP contribution in [0.2, 0.25) is 0 Å². The zero-order chi connectivity index (χ0) is 12.1. The predicted molar refractivity (Wildman–Crippen MR) is 71.5 cm³/mol. The van der Waals surface area contributed by atoms with Gasteiger partial charge in [0.25, 0.3) is 0 Å². The summed E-state index contributed by atoms with van der Waals surface area (Å²) in [5.41, 5.74) is 4.12. The molecule has 2 rings (SSSR count). The summed E-state index contributed by atoms with van der Waals surface area (Å²) >= 11 is 0. The number of ether oxygens (including phenoxy) is 1. The zero-order valence-corrected chi connectivity index (χ0v) is 11.0. The summed E-state index contributed by atoms with van der Waals surface area (Å²) in [6, 6.07) is 7.45. The minimum Gasteiger partial charge on any atom is -0.380 e. The fourth-order valence-electron chi connectivity index (χ4n) is 1.87. The van der Waals surface area contributed by atoms with Gasteiger partial charge >= 0.3 is 0 Å². The molecule has 0 amide bonds. The van der Waals surface area contributed by atoms with E-state index in [1.54, 1.807) is 0 Å². The van der Waals surface area contributed by atoms with Crippen LogP contribution in [0.15, 0.2) is 18.2 Å². The predicted octanol–water partition coefficient (Wildman–Crippen LogP) is 2.61. The minimum atomic E-state index is 0.790. The quantitative estimate of drug-likeness (QED) is 0.731. The number of benzene rings is 1. The number of rotatable bonds is 7. The Labute approximate surface area is 104 Å². The molecule has 1 aromatic carbocycles. The Hall–Kier alpha value is -0.860. The molecule has 0 aromatic heterocycles. The van der Waals surface area contributed by atoms with Crippen molar-refractivity contribution in [3.8, 4) is 0 Å². The van der Waals surface area contributed by atoms with Crippen LogP contribution in [-0.4, -0.2) is 25.8 Å². The van der Waals surface area contributed by atoms with Crippen molar-refractivity contribution in [3.63, 3.8) is 0 Å². The second kappa shape index (κ2) is 6.18. The van der Waals surface area contributed by atoms with Gasteiger partial charge in [-0.05, 0) is 49.8 Å². The third-order valence-corrected chi connectivity index (χ3v) is 3.36. The van der Waals surface area contributed by atoms with Gasteiger partial charge in [0.1, 0.15) is 0 Å². The van der Waals surface area contributed by atoms with Gasteiger partial charge in [0.15, 0.2) is 0 Å². The maximum atomic E-state index is 5.62. The molecule has 0 radical (unpaired) electrons. The van der Waals surface area contributed by atoms with Crippen molar-refractivity contribution in [1.29, 1.82) is 0 Å². The molecule has 1 aromatic rings. The standard InChI is InChI=1S/C15H23NO/c1-12-3-4-14(11-13(12)2)7-9-17-10-8-16-15-5-6-15/h3-4,11,15-16H,5-10H2,1-2H3. The average molecular weight is 233 g/mol. The topological polar surface area (TPSA) is 21.3 Å². The van der Waals surface area contributed by atoms with Crippen molar-refractivity contribution in [3.05, 3.63) is 34.9 Å². The lowest BCUT2D eigenvalue weighted by Crippen LogP contribution is -2.22. The molecular formula is C15H23NO. The first-order valence-electron chi connectivity index (χ1n) is 6.63. The fraction of sp³-hybridized carbons (Fsp3) is 0.600. The molecule has 2 heteroatoms.